The first kappa shape index (κ1) is 14.3. The first-order chi connectivity index (χ1) is 8.49. The molecule has 0 aliphatic heterocycles. The second-order valence-corrected chi connectivity index (χ2v) is 4.08. The van der Waals surface area contributed by atoms with Crippen LogP contribution in [-0.2, 0) is 9.59 Å². The Morgan fingerprint density at radius 1 is 1.33 bits per heavy atom. The minimum atomic E-state index is -0.681. The summed E-state index contributed by atoms with van der Waals surface area (Å²) in [6, 6.07) is 4.67. The number of nitrogen functional groups attached to an aromatic ring is 1. The SMILES string of the molecule is CCN(CC)C(=O)C(=O)Nc1ccc(N)c(Cl)c1. The number of hydrogen-bond donors (Lipinski definition) is 2. The molecule has 0 aliphatic rings. The quantitative estimate of drug-likeness (QED) is 0.648. The van der Waals surface area contributed by atoms with Crippen molar-refractivity contribution in [2.75, 3.05) is 24.1 Å². The third-order valence-electron chi connectivity index (χ3n) is 2.50. The lowest BCUT2D eigenvalue weighted by atomic mass is 10.3. The first-order valence-corrected chi connectivity index (χ1v) is 6.02. The molecule has 0 heterocycles. The maximum atomic E-state index is 11.7. The van der Waals surface area contributed by atoms with E-state index in [9.17, 15) is 9.59 Å². The normalized spacial score (nSPS) is 9.94. The molecule has 3 N–H and O–H groups in total. The van der Waals surface area contributed by atoms with Crippen LogP contribution in [0.2, 0.25) is 5.02 Å². The molecule has 0 spiro atoms. The summed E-state index contributed by atoms with van der Waals surface area (Å²) in [7, 11) is 0. The van der Waals surface area contributed by atoms with Crippen LogP contribution in [0.3, 0.4) is 0 Å². The fourth-order valence-corrected chi connectivity index (χ4v) is 1.62. The molecular formula is C12H16ClN3O2. The Bertz CT molecular complexity index is 459. The Kier molecular flexibility index (Phi) is 4.97. The fourth-order valence-electron chi connectivity index (χ4n) is 1.44. The van der Waals surface area contributed by atoms with Gasteiger partial charge in [-0.1, -0.05) is 11.6 Å². The van der Waals surface area contributed by atoms with E-state index in [1.165, 1.54) is 11.0 Å². The second-order valence-electron chi connectivity index (χ2n) is 3.67. The molecule has 1 aromatic rings. The van der Waals surface area contributed by atoms with Crippen molar-refractivity contribution in [2.24, 2.45) is 0 Å². The number of likely N-dealkylation sites (N-methyl/N-ethyl adjacent to an activating group) is 1. The van der Waals surface area contributed by atoms with Gasteiger partial charge in [0, 0.05) is 18.8 Å². The zero-order valence-electron chi connectivity index (χ0n) is 10.4. The van der Waals surface area contributed by atoms with Crippen molar-refractivity contribution in [1.82, 2.24) is 4.90 Å². The van der Waals surface area contributed by atoms with Crippen LogP contribution in [0.4, 0.5) is 11.4 Å². The van der Waals surface area contributed by atoms with Crippen molar-refractivity contribution in [3.63, 3.8) is 0 Å². The predicted octanol–water partition coefficient (Wildman–Crippen LogP) is 1.73. The monoisotopic (exact) mass is 269 g/mol. The van der Waals surface area contributed by atoms with E-state index >= 15 is 0 Å². The maximum absolute atomic E-state index is 11.7. The topological polar surface area (TPSA) is 75.4 Å². The van der Waals surface area contributed by atoms with E-state index in [-0.39, 0.29) is 0 Å². The van der Waals surface area contributed by atoms with Gasteiger partial charge in [0.05, 0.1) is 10.7 Å². The Balaban J connectivity index is 2.75. The molecule has 0 saturated heterocycles. The molecule has 2 amide bonds. The van der Waals surface area contributed by atoms with Crippen molar-refractivity contribution in [2.45, 2.75) is 13.8 Å². The number of amides is 2. The average Bonchev–Trinajstić information content (AvgIpc) is 2.35. The molecule has 0 fully saturated rings. The highest BCUT2D eigenvalue weighted by molar-refractivity contribution is 6.40. The summed E-state index contributed by atoms with van der Waals surface area (Å²) >= 11 is 5.82. The smallest absolute Gasteiger partial charge is 0.313 e. The van der Waals surface area contributed by atoms with Crippen molar-refractivity contribution < 1.29 is 9.59 Å². The number of nitrogens with one attached hydrogen (secondary N) is 1. The van der Waals surface area contributed by atoms with Gasteiger partial charge >= 0.3 is 11.8 Å². The van der Waals surface area contributed by atoms with Crippen LogP contribution in [0.25, 0.3) is 0 Å². The average molecular weight is 270 g/mol. The van der Waals surface area contributed by atoms with Gasteiger partial charge in [0.1, 0.15) is 0 Å². The van der Waals surface area contributed by atoms with Gasteiger partial charge in [-0.3, -0.25) is 9.59 Å². The molecule has 6 heteroatoms. The summed E-state index contributed by atoms with van der Waals surface area (Å²) in [4.78, 5) is 24.8. The zero-order valence-corrected chi connectivity index (χ0v) is 11.1. The van der Waals surface area contributed by atoms with Crippen molar-refractivity contribution in [1.29, 1.82) is 0 Å². The first-order valence-electron chi connectivity index (χ1n) is 5.64. The molecule has 0 saturated carbocycles. The molecule has 0 radical (unpaired) electrons. The van der Waals surface area contributed by atoms with E-state index in [0.717, 1.165) is 0 Å². The van der Waals surface area contributed by atoms with Crippen LogP contribution in [0.1, 0.15) is 13.8 Å². The van der Waals surface area contributed by atoms with E-state index < -0.39 is 11.8 Å². The molecule has 0 atom stereocenters. The minimum absolute atomic E-state index is 0.336. The van der Waals surface area contributed by atoms with Crippen LogP contribution in [-0.4, -0.2) is 29.8 Å². The number of rotatable bonds is 3. The van der Waals surface area contributed by atoms with Crippen molar-refractivity contribution in [3.05, 3.63) is 23.2 Å². The second kappa shape index (κ2) is 6.26. The third kappa shape index (κ3) is 3.37. The lowest BCUT2D eigenvalue weighted by Gasteiger charge is -2.17. The maximum Gasteiger partial charge on any atom is 0.313 e. The third-order valence-corrected chi connectivity index (χ3v) is 2.83. The Hall–Kier alpha value is -1.75. The van der Waals surface area contributed by atoms with Crippen molar-refractivity contribution in [3.8, 4) is 0 Å². The zero-order chi connectivity index (χ0) is 13.7. The Morgan fingerprint density at radius 3 is 2.44 bits per heavy atom. The van der Waals surface area contributed by atoms with Gasteiger partial charge in [0.15, 0.2) is 0 Å². The van der Waals surface area contributed by atoms with Gasteiger partial charge in [-0.05, 0) is 32.0 Å². The van der Waals surface area contributed by atoms with Gasteiger partial charge in [-0.25, -0.2) is 0 Å². The molecule has 1 aromatic carbocycles. The minimum Gasteiger partial charge on any atom is -0.398 e. The standard InChI is InChI=1S/C12H16ClN3O2/c1-3-16(4-2)12(18)11(17)15-8-5-6-10(14)9(13)7-8/h5-7H,3-4,14H2,1-2H3,(H,15,17). The summed E-state index contributed by atoms with van der Waals surface area (Å²) < 4.78 is 0. The van der Waals surface area contributed by atoms with Crippen molar-refractivity contribution >= 4 is 34.8 Å². The molecule has 0 unspecified atom stereocenters. The number of carbonyl (C=O) groups is 2. The predicted molar refractivity (Wildman–Crippen MR) is 72.4 cm³/mol. The number of nitrogens with zero attached hydrogens (tertiary/aromatic N) is 1. The number of carbonyl (C=O) groups excluding carboxylic acids is 2. The molecule has 1 rings (SSSR count). The number of nitrogens with two attached hydrogens (primary N) is 1. The van der Waals surface area contributed by atoms with Crippen LogP contribution < -0.4 is 11.1 Å². The van der Waals surface area contributed by atoms with E-state index in [4.69, 9.17) is 17.3 Å². The lowest BCUT2D eigenvalue weighted by molar-refractivity contribution is -0.142. The highest BCUT2D eigenvalue weighted by atomic mass is 35.5. The van der Waals surface area contributed by atoms with E-state index in [0.29, 0.717) is 29.5 Å². The molecule has 98 valence electrons. The lowest BCUT2D eigenvalue weighted by Crippen LogP contribution is -2.39. The van der Waals surface area contributed by atoms with Crippen LogP contribution >= 0.6 is 11.6 Å². The van der Waals surface area contributed by atoms with Gasteiger partial charge in [0.2, 0.25) is 0 Å². The van der Waals surface area contributed by atoms with E-state index in [1.807, 2.05) is 13.8 Å². The fraction of sp³-hybridized carbons (Fsp3) is 0.333. The number of anilines is 2. The summed E-state index contributed by atoms with van der Waals surface area (Å²) in [5, 5.41) is 2.82. The summed E-state index contributed by atoms with van der Waals surface area (Å²) in [5.74, 6) is -1.24. The largest absolute Gasteiger partial charge is 0.398 e. The molecule has 0 aliphatic carbocycles. The summed E-state index contributed by atoms with van der Waals surface area (Å²) in [6.45, 7) is 4.61. The van der Waals surface area contributed by atoms with Gasteiger partial charge in [0.25, 0.3) is 0 Å². The molecule has 0 bridgehead atoms. The van der Waals surface area contributed by atoms with Gasteiger partial charge in [-0.15, -0.1) is 0 Å². The Labute approximate surface area is 111 Å². The highest BCUT2D eigenvalue weighted by Gasteiger charge is 2.19. The number of halogens is 1. The molecule has 18 heavy (non-hydrogen) atoms. The highest BCUT2D eigenvalue weighted by Crippen LogP contribution is 2.22. The van der Waals surface area contributed by atoms with Gasteiger partial charge in [-0.2, -0.15) is 0 Å². The van der Waals surface area contributed by atoms with Crippen LogP contribution in [0, 0.1) is 0 Å². The number of benzene rings is 1. The number of hydrogen-bond acceptors (Lipinski definition) is 3. The summed E-state index contributed by atoms with van der Waals surface area (Å²) in [6.07, 6.45) is 0. The molecular weight excluding hydrogens is 254 g/mol. The Morgan fingerprint density at radius 2 is 1.94 bits per heavy atom. The van der Waals surface area contributed by atoms with Crippen LogP contribution in [0.15, 0.2) is 18.2 Å². The molecule has 0 aromatic heterocycles. The van der Waals surface area contributed by atoms with Gasteiger partial charge < -0.3 is 16.0 Å². The van der Waals surface area contributed by atoms with Crippen LogP contribution in [0.5, 0.6) is 0 Å². The summed E-state index contributed by atoms with van der Waals surface area (Å²) in [5.41, 5.74) is 6.42. The van der Waals surface area contributed by atoms with E-state index in [1.54, 1.807) is 12.1 Å². The molecule has 5 nitrogen and oxygen atoms in total. The van der Waals surface area contributed by atoms with E-state index in [2.05, 4.69) is 5.32 Å².